The van der Waals surface area contributed by atoms with Crippen LogP contribution in [0.3, 0.4) is 0 Å². The minimum atomic E-state index is -0.241. The summed E-state index contributed by atoms with van der Waals surface area (Å²) in [5.74, 6) is 0.106. The number of nitrogens with two attached hydrogens (primary N) is 1. The van der Waals surface area contributed by atoms with E-state index in [2.05, 4.69) is 40.1 Å². The van der Waals surface area contributed by atoms with Crippen molar-refractivity contribution < 1.29 is 4.79 Å². The normalized spacial score (nSPS) is 10.7. The molecule has 0 saturated carbocycles. The Kier molecular flexibility index (Phi) is 4.21. The molecule has 0 atom stereocenters. The number of anilines is 2. The van der Waals surface area contributed by atoms with E-state index in [-0.39, 0.29) is 5.91 Å². The lowest BCUT2D eigenvalue weighted by Gasteiger charge is -2.05. The number of hydrogen-bond donors (Lipinski definition) is 2. The van der Waals surface area contributed by atoms with Crippen molar-refractivity contribution in [2.24, 2.45) is 0 Å². The van der Waals surface area contributed by atoms with Crippen LogP contribution in [0.5, 0.6) is 0 Å². The van der Waals surface area contributed by atoms with Crippen LogP contribution in [-0.4, -0.2) is 10.9 Å². The van der Waals surface area contributed by atoms with Crippen LogP contribution in [0, 0.1) is 0 Å². The number of carbonyl (C=O) groups excluding carboxylic acids is 1. The van der Waals surface area contributed by atoms with Gasteiger partial charge in [-0.15, -0.1) is 11.3 Å². The van der Waals surface area contributed by atoms with Gasteiger partial charge in [0.05, 0.1) is 11.3 Å². The largest absolute Gasteiger partial charge is 0.398 e. The molecule has 0 aliphatic carbocycles. The zero-order chi connectivity index (χ0) is 14.0. The fourth-order valence-electron chi connectivity index (χ4n) is 1.51. The SMILES string of the molecule is CC(C)c1csc(NC(=O)c2ccc(Br)cc2N)n1. The van der Waals surface area contributed by atoms with Crippen molar-refractivity contribution >= 4 is 44.0 Å². The first kappa shape index (κ1) is 14.0. The second kappa shape index (κ2) is 5.71. The molecule has 1 aromatic carbocycles. The minimum Gasteiger partial charge on any atom is -0.398 e. The molecule has 0 aliphatic heterocycles. The number of amides is 1. The third kappa shape index (κ3) is 3.33. The van der Waals surface area contributed by atoms with Crippen LogP contribution in [0.4, 0.5) is 10.8 Å². The zero-order valence-corrected chi connectivity index (χ0v) is 13.0. The van der Waals surface area contributed by atoms with E-state index in [0.29, 0.717) is 22.3 Å². The van der Waals surface area contributed by atoms with Gasteiger partial charge in [-0.25, -0.2) is 4.98 Å². The van der Waals surface area contributed by atoms with Gasteiger partial charge in [0.15, 0.2) is 5.13 Å². The molecule has 0 unspecified atom stereocenters. The molecule has 2 rings (SSSR count). The number of nitrogen functional groups attached to an aromatic ring is 1. The fraction of sp³-hybridized carbons (Fsp3) is 0.231. The highest BCUT2D eigenvalue weighted by Gasteiger charge is 2.13. The van der Waals surface area contributed by atoms with Crippen LogP contribution in [-0.2, 0) is 0 Å². The van der Waals surface area contributed by atoms with Gasteiger partial charge in [0, 0.05) is 15.5 Å². The number of nitrogens with one attached hydrogen (secondary N) is 1. The Balaban J connectivity index is 2.16. The Labute approximate surface area is 124 Å². The first-order valence-electron chi connectivity index (χ1n) is 5.79. The quantitative estimate of drug-likeness (QED) is 0.834. The molecule has 1 heterocycles. The molecule has 19 heavy (non-hydrogen) atoms. The summed E-state index contributed by atoms with van der Waals surface area (Å²) in [5.41, 5.74) is 7.68. The van der Waals surface area contributed by atoms with E-state index in [1.807, 2.05) is 5.38 Å². The van der Waals surface area contributed by atoms with Gasteiger partial charge in [0.2, 0.25) is 0 Å². The Morgan fingerprint density at radius 3 is 2.79 bits per heavy atom. The van der Waals surface area contributed by atoms with E-state index in [1.165, 1.54) is 11.3 Å². The monoisotopic (exact) mass is 339 g/mol. The molecule has 0 spiro atoms. The summed E-state index contributed by atoms with van der Waals surface area (Å²) in [6.07, 6.45) is 0. The van der Waals surface area contributed by atoms with Gasteiger partial charge in [-0.2, -0.15) is 0 Å². The van der Waals surface area contributed by atoms with Gasteiger partial charge >= 0.3 is 0 Å². The molecule has 0 saturated heterocycles. The highest BCUT2D eigenvalue weighted by molar-refractivity contribution is 9.10. The summed E-state index contributed by atoms with van der Waals surface area (Å²) in [4.78, 5) is 16.4. The van der Waals surface area contributed by atoms with Crippen LogP contribution in [0.25, 0.3) is 0 Å². The maximum absolute atomic E-state index is 12.1. The van der Waals surface area contributed by atoms with Crippen molar-refractivity contribution in [3.8, 4) is 0 Å². The highest BCUT2D eigenvalue weighted by atomic mass is 79.9. The molecule has 0 radical (unpaired) electrons. The standard InChI is InChI=1S/C13H14BrN3OS/c1-7(2)11-6-19-13(16-11)17-12(18)9-4-3-8(14)5-10(9)15/h3-7H,15H2,1-2H3,(H,16,17,18). The van der Waals surface area contributed by atoms with Gasteiger partial charge in [0.25, 0.3) is 5.91 Å². The number of carbonyl (C=O) groups is 1. The van der Waals surface area contributed by atoms with Gasteiger partial charge in [0.1, 0.15) is 0 Å². The smallest absolute Gasteiger partial charge is 0.259 e. The van der Waals surface area contributed by atoms with E-state index < -0.39 is 0 Å². The number of halogens is 1. The number of thiazole rings is 1. The predicted molar refractivity (Wildman–Crippen MR) is 82.7 cm³/mol. The number of rotatable bonds is 3. The first-order chi connectivity index (χ1) is 8.97. The Morgan fingerprint density at radius 2 is 2.21 bits per heavy atom. The van der Waals surface area contributed by atoms with E-state index >= 15 is 0 Å². The van der Waals surface area contributed by atoms with E-state index in [0.717, 1.165) is 10.2 Å². The number of aromatic nitrogens is 1. The average Bonchev–Trinajstić information content (AvgIpc) is 2.77. The summed E-state index contributed by atoms with van der Waals surface area (Å²) in [6.45, 7) is 4.13. The van der Waals surface area contributed by atoms with Crippen LogP contribution >= 0.6 is 27.3 Å². The number of benzene rings is 1. The third-order valence-electron chi connectivity index (χ3n) is 2.59. The van der Waals surface area contributed by atoms with Crippen molar-refractivity contribution in [2.45, 2.75) is 19.8 Å². The average molecular weight is 340 g/mol. The van der Waals surface area contributed by atoms with Crippen LogP contribution in [0.1, 0.15) is 35.8 Å². The third-order valence-corrected chi connectivity index (χ3v) is 3.86. The molecule has 4 nitrogen and oxygen atoms in total. The maximum Gasteiger partial charge on any atom is 0.259 e. The van der Waals surface area contributed by atoms with Crippen LogP contribution < -0.4 is 11.1 Å². The molecule has 1 amide bonds. The number of hydrogen-bond acceptors (Lipinski definition) is 4. The topological polar surface area (TPSA) is 68.0 Å². The molecule has 6 heteroatoms. The van der Waals surface area contributed by atoms with Crippen molar-refractivity contribution in [3.05, 3.63) is 39.3 Å². The molecule has 100 valence electrons. The van der Waals surface area contributed by atoms with Crippen LogP contribution in [0.15, 0.2) is 28.1 Å². The summed E-state index contributed by atoms with van der Waals surface area (Å²) in [6, 6.07) is 5.18. The summed E-state index contributed by atoms with van der Waals surface area (Å²) >= 11 is 4.73. The summed E-state index contributed by atoms with van der Waals surface area (Å²) < 4.78 is 0.845. The van der Waals surface area contributed by atoms with Crippen molar-refractivity contribution in [2.75, 3.05) is 11.1 Å². The molecule has 2 aromatic rings. The molecule has 0 fully saturated rings. The first-order valence-corrected chi connectivity index (χ1v) is 7.46. The van der Waals surface area contributed by atoms with Crippen LogP contribution in [0.2, 0.25) is 0 Å². The highest BCUT2D eigenvalue weighted by Crippen LogP contribution is 2.23. The molecular formula is C13H14BrN3OS. The van der Waals surface area contributed by atoms with Gasteiger partial charge in [-0.3, -0.25) is 10.1 Å². The van der Waals surface area contributed by atoms with E-state index in [4.69, 9.17) is 5.73 Å². The summed E-state index contributed by atoms with van der Waals surface area (Å²) in [5, 5.41) is 5.31. The van der Waals surface area contributed by atoms with Crippen molar-refractivity contribution in [1.82, 2.24) is 4.98 Å². The van der Waals surface area contributed by atoms with E-state index in [9.17, 15) is 4.79 Å². The molecule has 0 bridgehead atoms. The Bertz CT molecular complexity index is 610. The Morgan fingerprint density at radius 1 is 1.47 bits per heavy atom. The molecular weight excluding hydrogens is 326 g/mol. The lowest BCUT2D eigenvalue weighted by atomic mass is 10.1. The van der Waals surface area contributed by atoms with Crippen molar-refractivity contribution in [3.63, 3.8) is 0 Å². The Hall–Kier alpha value is -1.40. The number of nitrogens with zero attached hydrogens (tertiary/aromatic N) is 1. The summed E-state index contributed by atoms with van der Waals surface area (Å²) in [7, 11) is 0. The lowest BCUT2D eigenvalue weighted by molar-refractivity contribution is 0.102. The van der Waals surface area contributed by atoms with E-state index in [1.54, 1.807) is 18.2 Å². The molecule has 1 aromatic heterocycles. The second-order valence-electron chi connectivity index (χ2n) is 4.42. The van der Waals surface area contributed by atoms with Gasteiger partial charge in [-0.1, -0.05) is 29.8 Å². The van der Waals surface area contributed by atoms with Gasteiger partial charge < -0.3 is 5.73 Å². The minimum absolute atomic E-state index is 0.241. The van der Waals surface area contributed by atoms with Gasteiger partial charge in [-0.05, 0) is 24.1 Å². The molecule has 0 aliphatic rings. The second-order valence-corrected chi connectivity index (χ2v) is 6.19. The van der Waals surface area contributed by atoms with Crippen molar-refractivity contribution in [1.29, 1.82) is 0 Å². The predicted octanol–water partition coefficient (Wildman–Crippen LogP) is 3.86. The zero-order valence-electron chi connectivity index (χ0n) is 10.6. The maximum atomic E-state index is 12.1. The fourth-order valence-corrected chi connectivity index (χ4v) is 2.76. The molecule has 3 N–H and O–H groups in total. The lowest BCUT2D eigenvalue weighted by Crippen LogP contribution is -2.13.